The highest BCUT2D eigenvalue weighted by Crippen LogP contribution is 2.32. The van der Waals surface area contributed by atoms with Gasteiger partial charge in [-0.2, -0.15) is 13.2 Å². The highest BCUT2D eigenvalue weighted by molar-refractivity contribution is 5.95. The number of carbonyl (C=O) groups is 1. The summed E-state index contributed by atoms with van der Waals surface area (Å²) in [6.45, 7) is 2.91. The van der Waals surface area contributed by atoms with Gasteiger partial charge in [-0.15, -0.1) is 0 Å². The maximum atomic E-state index is 12.6. The zero-order chi connectivity index (χ0) is 14.8. The van der Waals surface area contributed by atoms with Gasteiger partial charge in [0.1, 0.15) is 6.04 Å². The number of alkyl halides is 3. The molecule has 1 aliphatic heterocycles. The molecule has 1 aliphatic rings. The third-order valence-electron chi connectivity index (χ3n) is 3.06. The maximum Gasteiger partial charge on any atom is 0.416 e. The SMILES string of the molecule is Cc1ccc(C(F)(F)F)cc1NC(=O)C1COCCN1. The first-order valence-corrected chi connectivity index (χ1v) is 6.18. The molecule has 1 fully saturated rings. The molecule has 1 heterocycles. The van der Waals surface area contributed by atoms with Gasteiger partial charge in [0.25, 0.3) is 0 Å². The molecule has 1 atom stereocenters. The monoisotopic (exact) mass is 288 g/mol. The lowest BCUT2D eigenvalue weighted by Gasteiger charge is -2.23. The van der Waals surface area contributed by atoms with Crippen molar-refractivity contribution in [2.75, 3.05) is 25.1 Å². The van der Waals surface area contributed by atoms with E-state index >= 15 is 0 Å². The summed E-state index contributed by atoms with van der Waals surface area (Å²) in [7, 11) is 0. The number of anilines is 1. The summed E-state index contributed by atoms with van der Waals surface area (Å²) in [5, 5.41) is 5.46. The fraction of sp³-hybridized carbons (Fsp3) is 0.462. The van der Waals surface area contributed by atoms with Crippen molar-refractivity contribution in [2.24, 2.45) is 0 Å². The standard InChI is InChI=1S/C13H15F3N2O2/c1-8-2-3-9(13(14,15)16)6-10(8)18-12(19)11-7-20-5-4-17-11/h2-3,6,11,17H,4-5,7H2,1H3,(H,18,19). The summed E-state index contributed by atoms with van der Waals surface area (Å²) in [4.78, 5) is 11.9. The van der Waals surface area contributed by atoms with Gasteiger partial charge >= 0.3 is 6.18 Å². The van der Waals surface area contributed by atoms with Crippen LogP contribution >= 0.6 is 0 Å². The largest absolute Gasteiger partial charge is 0.416 e. The van der Waals surface area contributed by atoms with E-state index in [-0.39, 0.29) is 12.3 Å². The van der Waals surface area contributed by atoms with Gasteiger partial charge in [-0.05, 0) is 24.6 Å². The molecule has 1 unspecified atom stereocenters. The van der Waals surface area contributed by atoms with Crippen LogP contribution in [0.1, 0.15) is 11.1 Å². The van der Waals surface area contributed by atoms with E-state index in [1.54, 1.807) is 6.92 Å². The number of rotatable bonds is 2. The van der Waals surface area contributed by atoms with Gasteiger partial charge in [0, 0.05) is 12.2 Å². The number of benzene rings is 1. The van der Waals surface area contributed by atoms with Crippen LogP contribution in [0, 0.1) is 6.92 Å². The average molecular weight is 288 g/mol. The van der Waals surface area contributed by atoms with Crippen LogP contribution in [0.4, 0.5) is 18.9 Å². The zero-order valence-electron chi connectivity index (χ0n) is 10.9. The Morgan fingerprint density at radius 1 is 1.45 bits per heavy atom. The summed E-state index contributed by atoms with van der Waals surface area (Å²) in [5.74, 6) is -0.396. The van der Waals surface area contributed by atoms with Crippen molar-refractivity contribution in [3.63, 3.8) is 0 Å². The summed E-state index contributed by atoms with van der Waals surface area (Å²) in [6.07, 6.45) is -4.43. The van der Waals surface area contributed by atoms with E-state index < -0.39 is 23.7 Å². The molecule has 0 radical (unpaired) electrons. The molecule has 7 heteroatoms. The minimum absolute atomic E-state index is 0.164. The fourth-order valence-electron chi connectivity index (χ4n) is 1.89. The maximum absolute atomic E-state index is 12.6. The van der Waals surface area contributed by atoms with Crippen molar-refractivity contribution in [3.05, 3.63) is 29.3 Å². The van der Waals surface area contributed by atoms with Crippen molar-refractivity contribution < 1.29 is 22.7 Å². The molecule has 1 saturated heterocycles. The molecule has 1 amide bonds. The highest BCUT2D eigenvalue weighted by Gasteiger charge is 2.31. The molecule has 0 aliphatic carbocycles. The second-order valence-corrected chi connectivity index (χ2v) is 4.60. The molecule has 0 spiro atoms. The molecule has 110 valence electrons. The van der Waals surface area contributed by atoms with E-state index in [1.165, 1.54) is 6.07 Å². The number of aryl methyl sites for hydroxylation is 1. The van der Waals surface area contributed by atoms with Gasteiger partial charge in [-0.25, -0.2) is 0 Å². The Balaban J connectivity index is 2.13. The number of hydrogen-bond acceptors (Lipinski definition) is 3. The number of ether oxygens (including phenoxy) is 1. The van der Waals surface area contributed by atoms with Gasteiger partial charge in [0.2, 0.25) is 5.91 Å². The second-order valence-electron chi connectivity index (χ2n) is 4.60. The van der Waals surface area contributed by atoms with Crippen molar-refractivity contribution in [3.8, 4) is 0 Å². The van der Waals surface area contributed by atoms with Crippen molar-refractivity contribution >= 4 is 11.6 Å². The van der Waals surface area contributed by atoms with Crippen LogP contribution in [-0.4, -0.2) is 31.7 Å². The lowest BCUT2D eigenvalue weighted by Crippen LogP contribution is -2.48. The zero-order valence-corrected chi connectivity index (χ0v) is 10.9. The number of amides is 1. The molecule has 0 saturated carbocycles. The Hall–Kier alpha value is -1.60. The minimum Gasteiger partial charge on any atom is -0.378 e. The van der Waals surface area contributed by atoms with E-state index in [0.717, 1.165) is 12.1 Å². The van der Waals surface area contributed by atoms with E-state index in [0.29, 0.717) is 18.7 Å². The first-order valence-electron chi connectivity index (χ1n) is 6.18. The third kappa shape index (κ3) is 3.49. The first-order chi connectivity index (χ1) is 9.38. The topological polar surface area (TPSA) is 50.4 Å². The van der Waals surface area contributed by atoms with Crippen LogP contribution in [0.5, 0.6) is 0 Å². The van der Waals surface area contributed by atoms with Crippen molar-refractivity contribution in [1.82, 2.24) is 5.32 Å². The van der Waals surface area contributed by atoms with Gasteiger partial charge in [0.15, 0.2) is 0 Å². The average Bonchev–Trinajstić information content (AvgIpc) is 2.41. The minimum atomic E-state index is -4.43. The lowest BCUT2D eigenvalue weighted by molar-refractivity contribution is -0.137. The Morgan fingerprint density at radius 3 is 2.80 bits per heavy atom. The van der Waals surface area contributed by atoms with Crippen molar-refractivity contribution in [2.45, 2.75) is 19.1 Å². The number of carbonyl (C=O) groups excluding carboxylic acids is 1. The predicted octanol–water partition coefficient (Wildman–Crippen LogP) is 1.94. The van der Waals surface area contributed by atoms with Crippen LogP contribution in [0.15, 0.2) is 18.2 Å². The molecule has 20 heavy (non-hydrogen) atoms. The number of nitrogens with one attached hydrogen (secondary N) is 2. The molecule has 0 bridgehead atoms. The predicted molar refractivity (Wildman–Crippen MR) is 67.4 cm³/mol. The van der Waals surface area contributed by atoms with Gasteiger partial charge in [-0.3, -0.25) is 4.79 Å². The normalized spacial score (nSPS) is 19.7. The summed E-state index contributed by atoms with van der Waals surface area (Å²) < 4.78 is 43.1. The Bertz CT molecular complexity index is 497. The molecule has 2 N–H and O–H groups in total. The van der Waals surface area contributed by atoms with E-state index in [4.69, 9.17) is 4.74 Å². The van der Waals surface area contributed by atoms with Crippen LogP contribution in [0.3, 0.4) is 0 Å². The number of halogens is 3. The van der Waals surface area contributed by atoms with E-state index in [9.17, 15) is 18.0 Å². The smallest absolute Gasteiger partial charge is 0.378 e. The summed E-state index contributed by atoms with van der Waals surface area (Å²) in [6, 6.07) is 2.73. The van der Waals surface area contributed by atoms with Crippen molar-refractivity contribution in [1.29, 1.82) is 0 Å². The molecule has 4 nitrogen and oxygen atoms in total. The lowest BCUT2D eigenvalue weighted by atomic mass is 10.1. The second kappa shape index (κ2) is 5.80. The third-order valence-corrected chi connectivity index (χ3v) is 3.06. The molecule has 0 aromatic heterocycles. The van der Waals surface area contributed by atoms with Crippen LogP contribution in [-0.2, 0) is 15.7 Å². The fourth-order valence-corrected chi connectivity index (χ4v) is 1.89. The Kier molecular flexibility index (Phi) is 4.29. The van der Waals surface area contributed by atoms with Gasteiger partial charge in [0.05, 0.1) is 18.8 Å². The highest BCUT2D eigenvalue weighted by atomic mass is 19.4. The summed E-state index contributed by atoms with van der Waals surface area (Å²) in [5.41, 5.74) is -0.0495. The van der Waals surface area contributed by atoms with Gasteiger partial charge < -0.3 is 15.4 Å². The molecule has 1 aromatic rings. The molecular formula is C13H15F3N2O2. The van der Waals surface area contributed by atoms with Crippen LogP contribution < -0.4 is 10.6 Å². The quantitative estimate of drug-likeness (QED) is 0.874. The molecule has 1 aromatic carbocycles. The van der Waals surface area contributed by atoms with Gasteiger partial charge in [-0.1, -0.05) is 6.07 Å². The first kappa shape index (κ1) is 14.8. The van der Waals surface area contributed by atoms with Crippen LogP contribution in [0.2, 0.25) is 0 Å². The number of hydrogen-bond donors (Lipinski definition) is 2. The Labute approximate surface area is 114 Å². The number of morpholine rings is 1. The van der Waals surface area contributed by atoms with E-state index in [2.05, 4.69) is 10.6 Å². The molecule has 2 rings (SSSR count). The summed E-state index contributed by atoms with van der Waals surface area (Å²) >= 11 is 0. The van der Waals surface area contributed by atoms with E-state index in [1.807, 2.05) is 0 Å². The molecular weight excluding hydrogens is 273 g/mol. The Morgan fingerprint density at radius 2 is 2.20 bits per heavy atom. The van der Waals surface area contributed by atoms with Crippen LogP contribution in [0.25, 0.3) is 0 Å².